The summed E-state index contributed by atoms with van der Waals surface area (Å²) in [5.74, 6) is 6.02. The molecular weight excluding hydrogens is 274 g/mol. The summed E-state index contributed by atoms with van der Waals surface area (Å²) < 4.78 is 27.4. The lowest BCUT2D eigenvalue weighted by atomic mass is 10.1. The lowest BCUT2D eigenvalue weighted by Gasteiger charge is -2.09. The van der Waals surface area contributed by atoms with E-state index in [4.69, 9.17) is 5.11 Å². The topological polar surface area (TPSA) is 66.4 Å². The van der Waals surface area contributed by atoms with Gasteiger partial charge in [0.15, 0.2) is 0 Å². The molecule has 0 amide bonds. The van der Waals surface area contributed by atoms with Crippen LogP contribution in [0.3, 0.4) is 0 Å². The number of hydrogen-bond donors (Lipinski definition) is 2. The minimum Gasteiger partial charge on any atom is -0.395 e. The lowest BCUT2D eigenvalue weighted by Crippen LogP contribution is -2.27. The SMILES string of the molecule is Cc1ccc(S(=O)(=O)NC2CC2C)c(C#CCCO)c1. The summed E-state index contributed by atoms with van der Waals surface area (Å²) in [6.45, 7) is 3.88. The Labute approximate surface area is 120 Å². The fourth-order valence-electron chi connectivity index (χ4n) is 1.94. The molecule has 1 saturated carbocycles. The first-order chi connectivity index (χ1) is 9.44. The van der Waals surface area contributed by atoms with Crippen molar-refractivity contribution >= 4 is 10.0 Å². The summed E-state index contributed by atoms with van der Waals surface area (Å²) in [7, 11) is -3.53. The van der Waals surface area contributed by atoms with Gasteiger partial charge in [-0.25, -0.2) is 13.1 Å². The van der Waals surface area contributed by atoms with Gasteiger partial charge in [0.1, 0.15) is 0 Å². The van der Waals surface area contributed by atoms with Crippen molar-refractivity contribution in [2.75, 3.05) is 6.61 Å². The van der Waals surface area contributed by atoms with Crippen LogP contribution in [0, 0.1) is 24.7 Å². The van der Waals surface area contributed by atoms with Crippen LogP contribution >= 0.6 is 0 Å². The number of benzene rings is 1. The van der Waals surface area contributed by atoms with Crippen LogP contribution in [0.15, 0.2) is 23.1 Å². The van der Waals surface area contributed by atoms with E-state index in [1.165, 1.54) is 0 Å². The van der Waals surface area contributed by atoms with Crippen molar-refractivity contribution in [3.05, 3.63) is 29.3 Å². The molecule has 0 heterocycles. The molecule has 0 spiro atoms. The van der Waals surface area contributed by atoms with Crippen LogP contribution in [0.5, 0.6) is 0 Å². The maximum atomic E-state index is 12.4. The molecule has 0 aromatic heterocycles. The van der Waals surface area contributed by atoms with Gasteiger partial charge in [0.25, 0.3) is 0 Å². The Kier molecular flexibility index (Phi) is 4.48. The molecule has 1 fully saturated rings. The Balaban J connectivity index is 2.33. The van der Waals surface area contributed by atoms with Crippen LogP contribution in [-0.2, 0) is 10.0 Å². The first-order valence-corrected chi connectivity index (χ1v) is 8.15. The third-order valence-electron chi connectivity index (χ3n) is 3.30. The van der Waals surface area contributed by atoms with Crippen molar-refractivity contribution in [1.82, 2.24) is 4.72 Å². The quantitative estimate of drug-likeness (QED) is 0.825. The third-order valence-corrected chi connectivity index (χ3v) is 4.85. The van der Waals surface area contributed by atoms with Gasteiger partial charge in [-0.15, -0.1) is 0 Å². The Hall–Kier alpha value is -1.35. The van der Waals surface area contributed by atoms with E-state index in [1.807, 2.05) is 13.8 Å². The summed E-state index contributed by atoms with van der Waals surface area (Å²) in [5, 5.41) is 8.75. The van der Waals surface area contributed by atoms with E-state index in [-0.39, 0.29) is 17.5 Å². The molecular formula is C15H19NO3S. The maximum Gasteiger partial charge on any atom is 0.242 e. The smallest absolute Gasteiger partial charge is 0.242 e. The standard InChI is InChI=1S/C15H19NO3S/c1-11-6-7-15(13(9-11)5-3-4-8-17)20(18,19)16-14-10-12(14)2/h6-7,9,12,14,16-17H,4,8,10H2,1-2H3. The number of sulfonamides is 1. The van der Waals surface area contributed by atoms with E-state index >= 15 is 0 Å². The average Bonchev–Trinajstić information content (AvgIpc) is 3.04. The predicted octanol–water partition coefficient (Wildman–Crippen LogP) is 1.42. The first kappa shape index (κ1) is 15.0. The van der Waals surface area contributed by atoms with E-state index in [1.54, 1.807) is 18.2 Å². The third kappa shape index (κ3) is 3.60. The molecule has 2 unspecified atom stereocenters. The van der Waals surface area contributed by atoms with Crippen molar-refractivity contribution in [3.8, 4) is 11.8 Å². The van der Waals surface area contributed by atoms with Crippen molar-refractivity contribution in [2.24, 2.45) is 5.92 Å². The molecule has 2 atom stereocenters. The fourth-order valence-corrected chi connectivity index (χ4v) is 3.44. The van der Waals surface area contributed by atoms with Crippen LogP contribution < -0.4 is 4.72 Å². The number of aryl methyl sites for hydroxylation is 1. The van der Waals surface area contributed by atoms with Crippen molar-refractivity contribution in [3.63, 3.8) is 0 Å². The highest BCUT2D eigenvalue weighted by Gasteiger charge is 2.36. The zero-order valence-corrected chi connectivity index (χ0v) is 12.5. The Morgan fingerprint density at radius 3 is 2.75 bits per heavy atom. The van der Waals surface area contributed by atoms with E-state index in [0.29, 0.717) is 17.9 Å². The van der Waals surface area contributed by atoms with Crippen LogP contribution in [0.4, 0.5) is 0 Å². The number of aliphatic hydroxyl groups excluding tert-OH is 1. The van der Waals surface area contributed by atoms with Crippen molar-refractivity contribution in [1.29, 1.82) is 0 Å². The molecule has 1 aliphatic rings. The summed E-state index contributed by atoms with van der Waals surface area (Å²) in [5.41, 5.74) is 1.44. The first-order valence-electron chi connectivity index (χ1n) is 6.67. The molecule has 2 N–H and O–H groups in total. The van der Waals surface area contributed by atoms with E-state index < -0.39 is 10.0 Å². The van der Waals surface area contributed by atoms with Gasteiger partial charge < -0.3 is 5.11 Å². The van der Waals surface area contributed by atoms with Crippen molar-refractivity contribution in [2.45, 2.75) is 37.6 Å². The number of rotatable bonds is 4. The lowest BCUT2D eigenvalue weighted by molar-refractivity contribution is 0.305. The molecule has 108 valence electrons. The number of nitrogens with one attached hydrogen (secondary N) is 1. The van der Waals surface area contributed by atoms with Gasteiger partial charge in [-0.2, -0.15) is 0 Å². The molecule has 1 aliphatic carbocycles. The van der Waals surface area contributed by atoms with Gasteiger partial charge in [0.05, 0.1) is 11.5 Å². The molecule has 4 nitrogen and oxygen atoms in total. The van der Waals surface area contributed by atoms with Gasteiger partial charge in [-0.3, -0.25) is 0 Å². The van der Waals surface area contributed by atoms with Crippen LogP contribution in [-0.4, -0.2) is 26.2 Å². The fraction of sp³-hybridized carbons (Fsp3) is 0.467. The second-order valence-corrected chi connectivity index (χ2v) is 6.90. The van der Waals surface area contributed by atoms with Crippen molar-refractivity contribution < 1.29 is 13.5 Å². The van der Waals surface area contributed by atoms with Gasteiger partial charge in [0.2, 0.25) is 10.0 Å². The minimum atomic E-state index is -3.53. The summed E-state index contributed by atoms with van der Waals surface area (Å²) in [4.78, 5) is 0.215. The second-order valence-electron chi connectivity index (χ2n) is 5.22. The molecule has 0 aliphatic heterocycles. The zero-order valence-electron chi connectivity index (χ0n) is 11.7. The van der Waals surface area contributed by atoms with Crippen LogP contribution in [0.2, 0.25) is 0 Å². The minimum absolute atomic E-state index is 0.0290. The van der Waals surface area contributed by atoms with E-state index in [2.05, 4.69) is 16.6 Å². The number of hydrogen-bond acceptors (Lipinski definition) is 3. The molecule has 5 heteroatoms. The van der Waals surface area contributed by atoms with Gasteiger partial charge in [0, 0.05) is 18.0 Å². The molecule has 0 saturated heterocycles. The Bertz CT molecular complexity index is 655. The monoisotopic (exact) mass is 293 g/mol. The van der Waals surface area contributed by atoms with Crippen LogP contribution in [0.25, 0.3) is 0 Å². The number of aliphatic hydroxyl groups is 1. The summed E-state index contributed by atoms with van der Waals surface area (Å²) >= 11 is 0. The normalized spacial score (nSPS) is 21.1. The molecule has 0 bridgehead atoms. The molecule has 2 rings (SSSR count). The summed E-state index contributed by atoms with van der Waals surface area (Å²) in [6.07, 6.45) is 1.22. The second kappa shape index (κ2) is 5.96. The molecule has 20 heavy (non-hydrogen) atoms. The predicted molar refractivity (Wildman–Crippen MR) is 77.7 cm³/mol. The van der Waals surface area contributed by atoms with E-state index in [0.717, 1.165) is 12.0 Å². The van der Waals surface area contributed by atoms with Crippen LogP contribution in [0.1, 0.15) is 30.9 Å². The Morgan fingerprint density at radius 1 is 1.45 bits per heavy atom. The molecule has 1 aromatic carbocycles. The largest absolute Gasteiger partial charge is 0.395 e. The highest BCUT2D eigenvalue weighted by Crippen LogP contribution is 2.31. The van der Waals surface area contributed by atoms with Gasteiger partial charge in [-0.05, 0) is 37.0 Å². The summed E-state index contributed by atoms with van der Waals surface area (Å²) in [6, 6.07) is 5.16. The molecule has 0 radical (unpaired) electrons. The van der Waals surface area contributed by atoms with E-state index in [9.17, 15) is 8.42 Å². The maximum absolute atomic E-state index is 12.4. The van der Waals surface area contributed by atoms with Gasteiger partial charge in [-0.1, -0.05) is 24.8 Å². The molecule has 1 aromatic rings. The van der Waals surface area contributed by atoms with Gasteiger partial charge >= 0.3 is 0 Å². The highest BCUT2D eigenvalue weighted by atomic mass is 32.2. The average molecular weight is 293 g/mol. The highest BCUT2D eigenvalue weighted by molar-refractivity contribution is 7.89. The Morgan fingerprint density at radius 2 is 2.15 bits per heavy atom. The zero-order chi connectivity index (χ0) is 14.8.